The van der Waals surface area contributed by atoms with E-state index >= 15 is 0 Å². The monoisotopic (exact) mass is 363 g/mol. The van der Waals surface area contributed by atoms with Gasteiger partial charge in [-0.05, 0) is 31.0 Å². The highest BCUT2D eigenvalue weighted by atomic mass is 16.5. The van der Waals surface area contributed by atoms with Crippen LogP contribution in [-0.4, -0.2) is 38.7 Å². The van der Waals surface area contributed by atoms with E-state index in [2.05, 4.69) is 10.6 Å². The number of anilines is 2. The number of methoxy groups -OCH3 is 2. The van der Waals surface area contributed by atoms with E-state index in [1.54, 1.807) is 25.3 Å². The topological polar surface area (TPSA) is 103 Å². The van der Waals surface area contributed by atoms with Gasteiger partial charge in [0, 0.05) is 25.3 Å². The molecule has 0 spiro atoms. The molecule has 0 heterocycles. The molecule has 1 aromatic rings. The van der Waals surface area contributed by atoms with Crippen LogP contribution in [0.2, 0.25) is 0 Å². The highest BCUT2D eigenvalue weighted by Gasteiger charge is 2.22. The molecule has 26 heavy (non-hydrogen) atoms. The summed E-state index contributed by atoms with van der Waals surface area (Å²) in [6.07, 6.45) is 5.06. The van der Waals surface area contributed by atoms with Crippen LogP contribution in [0.15, 0.2) is 18.2 Å². The van der Waals surface area contributed by atoms with Gasteiger partial charge in [-0.25, -0.2) is 0 Å². The lowest BCUT2D eigenvalue weighted by Crippen LogP contribution is -2.28. The zero-order valence-electron chi connectivity index (χ0n) is 15.5. The summed E-state index contributed by atoms with van der Waals surface area (Å²) in [6.45, 7) is 0.273. The second-order valence-electron chi connectivity index (χ2n) is 6.58. The van der Waals surface area contributed by atoms with E-state index in [1.165, 1.54) is 13.5 Å². The van der Waals surface area contributed by atoms with Crippen LogP contribution in [0.4, 0.5) is 11.4 Å². The molecule has 1 fully saturated rings. The van der Waals surface area contributed by atoms with Gasteiger partial charge in [-0.1, -0.05) is 19.3 Å². The second kappa shape index (κ2) is 10.1. The molecule has 2 rings (SSSR count). The minimum absolute atomic E-state index is 0.00838. The Morgan fingerprint density at radius 1 is 1.19 bits per heavy atom. The van der Waals surface area contributed by atoms with Crippen molar-refractivity contribution in [2.24, 2.45) is 11.7 Å². The molecule has 1 saturated carbocycles. The molecular formula is C19H29N3O4. The van der Waals surface area contributed by atoms with E-state index in [0.29, 0.717) is 17.1 Å². The number of ether oxygens (including phenoxy) is 2. The van der Waals surface area contributed by atoms with Gasteiger partial charge >= 0.3 is 0 Å². The second-order valence-corrected chi connectivity index (χ2v) is 6.58. The van der Waals surface area contributed by atoms with Crippen molar-refractivity contribution in [3.05, 3.63) is 18.2 Å². The lowest BCUT2D eigenvalue weighted by molar-refractivity contribution is -0.121. The predicted octanol–water partition coefficient (Wildman–Crippen LogP) is 2.52. The Balaban J connectivity index is 2.04. The normalized spacial score (nSPS) is 16.0. The standard InChI is InChI=1S/C19H29N3O4/c1-25-15(12-20)11-18(23)21-14-8-9-17(26-2)16(10-14)22-19(24)13-6-4-3-5-7-13/h8-10,13,15H,3-7,11-12,20H2,1-2H3,(H,21,23)(H,22,24). The first kappa shape index (κ1) is 20.2. The number of benzene rings is 1. The van der Waals surface area contributed by atoms with Crippen LogP contribution in [0.1, 0.15) is 38.5 Å². The van der Waals surface area contributed by atoms with E-state index in [0.717, 1.165) is 25.7 Å². The lowest BCUT2D eigenvalue weighted by Gasteiger charge is -2.21. The van der Waals surface area contributed by atoms with Gasteiger partial charge in [-0.2, -0.15) is 0 Å². The van der Waals surface area contributed by atoms with Crippen molar-refractivity contribution in [3.63, 3.8) is 0 Å². The van der Waals surface area contributed by atoms with Crippen LogP contribution >= 0.6 is 0 Å². The Morgan fingerprint density at radius 2 is 1.92 bits per heavy atom. The summed E-state index contributed by atoms with van der Waals surface area (Å²) in [7, 11) is 3.07. The van der Waals surface area contributed by atoms with Crippen LogP contribution in [0.3, 0.4) is 0 Å². The Hall–Kier alpha value is -2.12. The first-order chi connectivity index (χ1) is 12.6. The van der Waals surface area contributed by atoms with Gasteiger partial charge in [0.1, 0.15) is 5.75 Å². The molecule has 7 nitrogen and oxygen atoms in total. The fraction of sp³-hybridized carbons (Fsp3) is 0.579. The SMILES string of the molecule is COc1ccc(NC(=O)CC(CN)OC)cc1NC(=O)C1CCCCC1. The van der Waals surface area contributed by atoms with Crippen molar-refractivity contribution in [3.8, 4) is 5.75 Å². The third-order valence-corrected chi connectivity index (χ3v) is 4.73. The van der Waals surface area contributed by atoms with Crippen LogP contribution in [-0.2, 0) is 14.3 Å². The summed E-state index contributed by atoms with van der Waals surface area (Å²) in [5.41, 5.74) is 6.69. The number of carbonyl (C=O) groups excluding carboxylic acids is 2. The number of hydrogen-bond acceptors (Lipinski definition) is 5. The van der Waals surface area contributed by atoms with Crippen molar-refractivity contribution in [1.82, 2.24) is 0 Å². The largest absolute Gasteiger partial charge is 0.495 e. The molecule has 4 N–H and O–H groups in total. The molecule has 7 heteroatoms. The summed E-state index contributed by atoms with van der Waals surface area (Å²) >= 11 is 0. The fourth-order valence-electron chi connectivity index (χ4n) is 3.16. The molecular weight excluding hydrogens is 334 g/mol. The maximum Gasteiger partial charge on any atom is 0.227 e. The minimum Gasteiger partial charge on any atom is -0.495 e. The summed E-state index contributed by atoms with van der Waals surface area (Å²) in [5.74, 6) is 0.411. The highest BCUT2D eigenvalue weighted by molar-refractivity contribution is 5.96. The first-order valence-electron chi connectivity index (χ1n) is 9.09. The molecule has 1 aliphatic carbocycles. The summed E-state index contributed by atoms with van der Waals surface area (Å²) in [6, 6.07) is 5.17. The zero-order chi connectivity index (χ0) is 18.9. The van der Waals surface area contributed by atoms with Gasteiger partial charge < -0.3 is 25.8 Å². The predicted molar refractivity (Wildman–Crippen MR) is 101 cm³/mol. The fourth-order valence-corrected chi connectivity index (χ4v) is 3.16. The maximum atomic E-state index is 12.5. The van der Waals surface area contributed by atoms with Gasteiger partial charge in [0.05, 0.1) is 25.3 Å². The van der Waals surface area contributed by atoms with Crippen molar-refractivity contribution in [2.75, 3.05) is 31.4 Å². The van der Waals surface area contributed by atoms with E-state index in [1.807, 2.05) is 0 Å². The molecule has 1 aromatic carbocycles. The molecule has 2 amide bonds. The maximum absolute atomic E-state index is 12.5. The van der Waals surface area contributed by atoms with Crippen molar-refractivity contribution in [2.45, 2.75) is 44.6 Å². The Kier molecular flexibility index (Phi) is 7.87. The van der Waals surface area contributed by atoms with Crippen molar-refractivity contribution >= 4 is 23.2 Å². The summed E-state index contributed by atoms with van der Waals surface area (Å²) < 4.78 is 10.5. The molecule has 144 valence electrons. The van der Waals surface area contributed by atoms with E-state index in [4.69, 9.17) is 15.2 Å². The molecule has 1 atom stereocenters. The Morgan fingerprint density at radius 3 is 2.54 bits per heavy atom. The lowest BCUT2D eigenvalue weighted by atomic mass is 9.88. The van der Waals surface area contributed by atoms with Crippen molar-refractivity contribution in [1.29, 1.82) is 0 Å². The number of rotatable bonds is 8. The average Bonchev–Trinajstić information content (AvgIpc) is 2.67. The molecule has 0 bridgehead atoms. The number of carbonyl (C=O) groups is 2. The van der Waals surface area contributed by atoms with E-state index < -0.39 is 0 Å². The number of nitrogens with one attached hydrogen (secondary N) is 2. The van der Waals surface area contributed by atoms with Gasteiger partial charge in [0.25, 0.3) is 0 Å². The molecule has 0 radical (unpaired) electrons. The molecule has 0 aliphatic heterocycles. The average molecular weight is 363 g/mol. The third-order valence-electron chi connectivity index (χ3n) is 4.73. The first-order valence-corrected chi connectivity index (χ1v) is 9.09. The summed E-state index contributed by atoms with van der Waals surface area (Å²) in [4.78, 5) is 24.6. The van der Waals surface area contributed by atoms with Crippen LogP contribution < -0.4 is 21.1 Å². The van der Waals surface area contributed by atoms with Crippen LogP contribution in [0.25, 0.3) is 0 Å². The van der Waals surface area contributed by atoms with E-state index in [-0.39, 0.29) is 36.8 Å². The van der Waals surface area contributed by atoms with Gasteiger partial charge in [0.15, 0.2) is 0 Å². The van der Waals surface area contributed by atoms with Crippen LogP contribution in [0, 0.1) is 5.92 Å². The number of hydrogen-bond donors (Lipinski definition) is 3. The quantitative estimate of drug-likeness (QED) is 0.658. The van der Waals surface area contributed by atoms with Crippen LogP contribution in [0.5, 0.6) is 5.75 Å². The molecule has 0 saturated heterocycles. The Labute approximate surface area is 154 Å². The third kappa shape index (κ3) is 5.71. The molecule has 0 aromatic heterocycles. The highest BCUT2D eigenvalue weighted by Crippen LogP contribution is 2.30. The molecule has 1 unspecified atom stereocenters. The minimum atomic E-state index is -0.321. The van der Waals surface area contributed by atoms with Gasteiger partial charge in [-0.15, -0.1) is 0 Å². The van der Waals surface area contributed by atoms with Gasteiger partial charge in [0.2, 0.25) is 11.8 Å². The van der Waals surface area contributed by atoms with E-state index in [9.17, 15) is 9.59 Å². The number of amides is 2. The van der Waals surface area contributed by atoms with Gasteiger partial charge in [-0.3, -0.25) is 9.59 Å². The Bertz CT molecular complexity index is 611. The smallest absolute Gasteiger partial charge is 0.227 e. The van der Waals surface area contributed by atoms with Crippen molar-refractivity contribution < 1.29 is 19.1 Å². The molecule has 1 aliphatic rings. The summed E-state index contributed by atoms with van der Waals surface area (Å²) in [5, 5.41) is 5.75. The zero-order valence-corrected chi connectivity index (χ0v) is 15.5. The number of nitrogens with two attached hydrogens (primary N) is 1.